The fourth-order valence-electron chi connectivity index (χ4n) is 2.27. The van der Waals surface area contributed by atoms with E-state index in [0.29, 0.717) is 19.3 Å². The Bertz CT molecular complexity index is 239. The molecule has 0 aliphatic heterocycles. The molecule has 3 N–H and O–H groups in total. The van der Waals surface area contributed by atoms with Gasteiger partial charge in [0, 0.05) is 13.2 Å². The van der Waals surface area contributed by atoms with Gasteiger partial charge < -0.3 is 20.5 Å². The second-order valence-corrected chi connectivity index (χ2v) is 5.17. The van der Waals surface area contributed by atoms with Crippen LogP contribution in [0.4, 0.5) is 4.79 Å². The maximum Gasteiger partial charge on any atom is 0.315 e. The summed E-state index contributed by atoms with van der Waals surface area (Å²) in [5, 5.41) is 14.5. The van der Waals surface area contributed by atoms with Crippen LogP contribution in [0.1, 0.15) is 51.9 Å². The van der Waals surface area contributed by atoms with Crippen LogP contribution >= 0.6 is 0 Å². The van der Waals surface area contributed by atoms with Crippen LogP contribution in [0.3, 0.4) is 0 Å². The number of urea groups is 1. The van der Waals surface area contributed by atoms with Gasteiger partial charge in [-0.25, -0.2) is 4.79 Å². The van der Waals surface area contributed by atoms with Crippen molar-refractivity contribution in [1.29, 1.82) is 0 Å². The highest BCUT2D eigenvalue weighted by atomic mass is 16.5. The van der Waals surface area contributed by atoms with Crippen LogP contribution in [0, 0.1) is 0 Å². The lowest BCUT2D eigenvalue weighted by Crippen LogP contribution is -2.43. The topological polar surface area (TPSA) is 70.6 Å². The lowest BCUT2D eigenvalue weighted by atomic mass is 9.98. The standard InChI is InChI=1S/C14H28N2O3/c1-2-12(11-17)16-14(18)15-9-6-10-19-13-7-4-3-5-8-13/h12-13,17H,2-11H2,1H3,(H2,15,16,18). The van der Waals surface area contributed by atoms with Crippen molar-refractivity contribution in [2.24, 2.45) is 0 Å². The molecule has 1 aliphatic rings. The number of aliphatic hydroxyl groups is 1. The molecule has 0 spiro atoms. The van der Waals surface area contributed by atoms with Gasteiger partial charge in [-0.3, -0.25) is 0 Å². The minimum atomic E-state index is -0.210. The van der Waals surface area contributed by atoms with E-state index < -0.39 is 0 Å². The highest BCUT2D eigenvalue weighted by Crippen LogP contribution is 2.20. The molecule has 1 fully saturated rings. The van der Waals surface area contributed by atoms with Gasteiger partial charge in [-0.05, 0) is 25.7 Å². The molecule has 2 amide bonds. The number of carbonyl (C=O) groups is 1. The molecule has 1 rings (SSSR count). The van der Waals surface area contributed by atoms with E-state index in [1.807, 2.05) is 6.92 Å². The fourth-order valence-corrected chi connectivity index (χ4v) is 2.27. The first-order valence-corrected chi connectivity index (χ1v) is 7.53. The Hall–Kier alpha value is -0.810. The van der Waals surface area contributed by atoms with Crippen LogP contribution in [-0.2, 0) is 4.74 Å². The van der Waals surface area contributed by atoms with Crippen LogP contribution in [0.25, 0.3) is 0 Å². The van der Waals surface area contributed by atoms with Gasteiger partial charge in [0.15, 0.2) is 0 Å². The fraction of sp³-hybridized carbons (Fsp3) is 0.929. The second-order valence-electron chi connectivity index (χ2n) is 5.17. The lowest BCUT2D eigenvalue weighted by molar-refractivity contribution is 0.0275. The zero-order chi connectivity index (χ0) is 13.9. The van der Waals surface area contributed by atoms with Gasteiger partial charge in [0.05, 0.1) is 18.8 Å². The summed E-state index contributed by atoms with van der Waals surface area (Å²) in [6.07, 6.45) is 8.27. The van der Waals surface area contributed by atoms with Crippen LogP contribution in [0.5, 0.6) is 0 Å². The maximum absolute atomic E-state index is 11.5. The number of rotatable bonds is 8. The van der Waals surface area contributed by atoms with Gasteiger partial charge >= 0.3 is 6.03 Å². The summed E-state index contributed by atoms with van der Waals surface area (Å²) in [5.74, 6) is 0. The van der Waals surface area contributed by atoms with Crippen molar-refractivity contribution in [1.82, 2.24) is 10.6 Å². The predicted molar refractivity (Wildman–Crippen MR) is 75.1 cm³/mol. The van der Waals surface area contributed by atoms with E-state index in [0.717, 1.165) is 12.8 Å². The molecule has 1 unspecified atom stereocenters. The van der Waals surface area contributed by atoms with Gasteiger partial charge in [-0.1, -0.05) is 26.2 Å². The van der Waals surface area contributed by atoms with Gasteiger partial charge in [0.2, 0.25) is 0 Å². The molecule has 0 bridgehead atoms. The molecule has 5 nitrogen and oxygen atoms in total. The van der Waals surface area contributed by atoms with Gasteiger partial charge in [0.25, 0.3) is 0 Å². The number of carbonyl (C=O) groups excluding carboxylic acids is 1. The second kappa shape index (κ2) is 10.0. The van der Waals surface area contributed by atoms with E-state index >= 15 is 0 Å². The summed E-state index contributed by atoms with van der Waals surface area (Å²) >= 11 is 0. The number of hydrogen-bond acceptors (Lipinski definition) is 3. The number of nitrogens with one attached hydrogen (secondary N) is 2. The minimum Gasteiger partial charge on any atom is -0.394 e. The summed E-state index contributed by atoms with van der Waals surface area (Å²) in [6.45, 7) is 3.23. The Morgan fingerprint density at radius 2 is 2.11 bits per heavy atom. The van der Waals surface area contributed by atoms with E-state index in [2.05, 4.69) is 10.6 Å². The molecular weight excluding hydrogens is 244 g/mol. The first kappa shape index (κ1) is 16.2. The van der Waals surface area contributed by atoms with Crippen molar-refractivity contribution in [3.63, 3.8) is 0 Å². The molecule has 0 heterocycles. The monoisotopic (exact) mass is 272 g/mol. The average molecular weight is 272 g/mol. The van der Waals surface area contributed by atoms with Crippen molar-refractivity contribution in [3.8, 4) is 0 Å². The van der Waals surface area contributed by atoms with Crippen molar-refractivity contribution < 1.29 is 14.6 Å². The van der Waals surface area contributed by atoms with Crippen LogP contribution in [0.2, 0.25) is 0 Å². The normalized spacial score (nSPS) is 18.0. The molecule has 112 valence electrons. The number of ether oxygens (including phenoxy) is 1. The molecule has 19 heavy (non-hydrogen) atoms. The van der Waals surface area contributed by atoms with Crippen molar-refractivity contribution >= 4 is 6.03 Å². The van der Waals surface area contributed by atoms with Crippen LogP contribution < -0.4 is 10.6 Å². The molecule has 0 saturated heterocycles. The molecule has 5 heteroatoms. The molecule has 0 aromatic rings. The molecular formula is C14H28N2O3. The molecule has 0 aromatic carbocycles. The van der Waals surface area contributed by atoms with Gasteiger partial charge in [-0.2, -0.15) is 0 Å². The Morgan fingerprint density at radius 1 is 1.37 bits per heavy atom. The predicted octanol–water partition coefficient (Wildman–Crippen LogP) is 1.80. The third-order valence-electron chi connectivity index (χ3n) is 3.56. The third-order valence-corrected chi connectivity index (χ3v) is 3.56. The SMILES string of the molecule is CCC(CO)NC(=O)NCCCOC1CCCCC1. The quantitative estimate of drug-likeness (QED) is 0.590. The Balaban J connectivity index is 1.96. The first-order valence-electron chi connectivity index (χ1n) is 7.53. The van der Waals surface area contributed by atoms with Gasteiger partial charge in [-0.15, -0.1) is 0 Å². The Labute approximate surface area is 116 Å². The van der Waals surface area contributed by atoms with Gasteiger partial charge in [0.1, 0.15) is 0 Å². The largest absolute Gasteiger partial charge is 0.394 e. The summed E-state index contributed by atoms with van der Waals surface area (Å²) in [6, 6.07) is -0.364. The minimum absolute atomic E-state index is 0.0191. The van der Waals surface area contributed by atoms with Crippen molar-refractivity contribution in [2.75, 3.05) is 19.8 Å². The summed E-state index contributed by atoms with van der Waals surface area (Å²) in [7, 11) is 0. The van der Waals surface area contributed by atoms with Crippen LogP contribution in [-0.4, -0.2) is 43.0 Å². The smallest absolute Gasteiger partial charge is 0.315 e. The van der Waals surface area contributed by atoms with Crippen LogP contribution in [0.15, 0.2) is 0 Å². The van der Waals surface area contributed by atoms with E-state index in [9.17, 15) is 4.79 Å². The van der Waals surface area contributed by atoms with Crippen molar-refractivity contribution in [3.05, 3.63) is 0 Å². The Kier molecular flexibility index (Phi) is 8.58. The lowest BCUT2D eigenvalue weighted by Gasteiger charge is -2.22. The van der Waals surface area contributed by atoms with E-state index in [1.165, 1.54) is 32.1 Å². The van der Waals surface area contributed by atoms with E-state index in [4.69, 9.17) is 9.84 Å². The molecule has 1 atom stereocenters. The maximum atomic E-state index is 11.5. The summed E-state index contributed by atoms with van der Waals surface area (Å²) < 4.78 is 5.78. The molecule has 1 saturated carbocycles. The average Bonchev–Trinajstić information content (AvgIpc) is 2.45. The molecule has 0 radical (unpaired) electrons. The number of hydrogen-bond donors (Lipinski definition) is 3. The number of aliphatic hydroxyl groups excluding tert-OH is 1. The summed E-state index contributed by atoms with van der Waals surface area (Å²) in [4.78, 5) is 11.5. The zero-order valence-corrected chi connectivity index (χ0v) is 12.0. The zero-order valence-electron chi connectivity index (χ0n) is 12.0. The number of amides is 2. The van der Waals surface area contributed by atoms with E-state index in [-0.39, 0.29) is 18.7 Å². The summed E-state index contributed by atoms with van der Waals surface area (Å²) in [5.41, 5.74) is 0. The highest BCUT2D eigenvalue weighted by molar-refractivity contribution is 5.74. The highest BCUT2D eigenvalue weighted by Gasteiger charge is 2.13. The first-order chi connectivity index (χ1) is 9.26. The molecule has 1 aliphatic carbocycles. The Morgan fingerprint density at radius 3 is 2.74 bits per heavy atom. The third kappa shape index (κ3) is 7.38. The van der Waals surface area contributed by atoms with E-state index in [1.54, 1.807) is 0 Å². The molecule has 0 aromatic heterocycles. The van der Waals surface area contributed by atoms with Crippen molar-refractivity contribution in [2.45, 2.75) is 64.0 Å².